The van der Waals surface area contributed by atoms with Crippen molar-refractivity contribution >= 4 is 21.9 Å². The molecule has 1 heterocycles. The zero-order valence-electron chi connectivity index (χ0n) is 12.3. The third-order valence-electron chi connectivity index (χ3n) is 3.54. The minimum atomic E-state index is -3.92. The fourth-order valence-electron chi connectivity index (χ4n) is 2.60. The van der Waals surface area contributed by atoms with Gasteiger partial charge in [-0.25, -0.2) is 8.42 Å². The van der Waals surface area contributed by atoms with E-state index in [4.69, 9.17) is 0 Å². The smallest absolute Gasteiger partial charge is 0.322 e. The highest BCUT2D eigenvalue weighted by Gasteiger charge is 2.44. The molecule has 0 aromatic heterocycles. The first-order chi connectivity index (χ1) is 10.2. The van der Waals surface area contributed by atoms with Crippen molar-refractivity contribution in [3.8, 4) is 0 Å². The molecule has 0 spiro atoms. The van der Waals surface area contributed by atoms with Crippen LogP contribution in [-0.4, -0.2) is 48.3 Å². The lowest BCUT2D eigenvalue weighted by Crippen LogP contribution is -2.41. The zero-order valence-corrected chi connectivity index (χ0v) is 13.1. The van der Waals surface area contributed by atoms with Crippen LogP contribution in [0.1, 0.15) is 18.9 Å². The molecule has 0 unspecified atom stereocenters. The number of aliphatic carboxylic acids is 1. The van der Waals surface area contributed by atoms with Gasteiger partial charge in [0.05, 0.1) is 4.90 Å². The average molecular weight is 326 g/mol. The molecule has 0 bridgehead atoms. The summed E-state index contributed by atoms with van der Waals surface area (Å²) in [5, 5.41) is 11.9. The molecular formula is C14H18N2O5S. The number of hydrogen-bond donors (Lipinski definition) is 2. The second kappa shape index (κ2) is 6.05. The van der Waals surface area contributed by atoms with E-state index < -0.39 is 28.1 Å². The molecule has 22 heavy (non-hydrogen) atoms. The number of sulfonamides is 1. The Labute approximate surface area is 129 Å². The van der Waals surface area contributed by atoms with Crippen LogP contribution in [0.5, 0.6) is 0 Å². The first-order valence-electron chi connectivity index (χ1n) is 6.80. The summed E-state index contributed by atoms with van der Waals surface area (Å²) in [4.78, 5) is 22.5. The van der Waals surface area contributed by atoms with Crippen LogP contribution in [0.15, 0.2) is 29.2 Å². The standard InChI is InChI=1S/C14H18N2O5S/c1-9-4-3-5-12(6-9)22(20,21)16-8-11(15-10(2)17)7-13(16)14(18)19/h3-6,11,13H,7-8H2,1-2H3,(H,15,17)(H,18,19)/t11-,13+/m1/s1. The average Bonchev–Trinajstić information content (AvgIpc) is 2.82. The molecule has 1 fully saturated rings. The van der Waals surface area contributed by atoms with E-state index in [0.29, 0.717) is 0 Å². The number of rotatable bonds is 4. The highest BCUT2D eigenvalue weighted by atomic mass is 32.2. The highest BCUT2D eigenvalue weighted by Crippen LogP contribution is 2.27. The number of carbonyl (C=O) groups excluding carboxylic acids is 1. The van der Waals surface area contributed by atoms with Gasteiger partial charge in [0.15, 0.2) is 0 Å². The number of nitrogens with one attached hydrogen (secondary N) is 1. The second-order valence-corrected chi connectivity index (χ2v) is 7.27. The van der Waals surface area contributed by atoms with Gasteiger partial charge in [0, 0.05) is 19.5 Å². The molecule has 1 aromatic rings. The molecule has 0 saturated carbocycles. The van der Waals surface area contributed by atoms with Crippen molar-refractivity contribution in [2.24, 2.45) is 0 Å². The third-order valence-corrected chi connectivity index (χ3v) is 5.41. The SMILES string of the molecule is CC(=O)N[C@@H]1C[C@@H](C(=O)O)N(S(=O)(=O)c2cccc(C)c2)C1. The van der Waals surface area contributed by atoms with Gasteiger partial charge in [-0.3, -0.25) is 9.59 Å². The van der Waals surface area contributed by atoms with Gasteiger partial charge in [-0.05, 0) is 31.0 Å². The summed E-state index contributed by atoms with van der Waals surface area (Å²) in [6.07, 6.45) is 0.0555. The summed E-state index contributed by atoms with van der Waals surface area (Å²) in [6.45, 7) is 3.03. The topological polar surface area (TPSA) is 104 Å². The quantitative estimate of drug-likeness (QED) is 0.831. The van der Waals surface area contributed by atoms with Crippen molar-refractivity contribution in [1.82, 2.24) is 9.62 Å². The first kappa shape index (κ1) is 16.4. The summed E-state index contributed by atoms with van der Waals surface area (Å²) < 4.78 is 26.3. The molecule has 120 valence electrons. The highest BCUT2D eigenvalue weighted by molar-refractivity contribution is 7.89. The van der Waals surface area contributed by atoms with Crippen LogP contribution in [0.2, 0.25) is 0 Å². The van der Waals surface area contributed by atoms with Crippen LogP contribution in [-0.2, 0) is 19.6 Å². The second-order valence-electron chi connectivity index (χ2n) is 5.38. The van der Waals surface area contributed by atoms with Gasteiger partial charge in [-0.1, -0.05) is 12.1 Å². The number of nitrogens with zero attached hydrogens (tertiary/aromatic N) is 1. The molecule has 1 aliphatic rings. The maximum Gasteiger partial charge on any atom is 0.322 e. The van der Waals surface area contributed by atoms with Crippen molar-refractivity contribution in [3.05, 3.63) is 29.8 Å². The molecule has 2 rings (SSSR count). The fourth-order valence-corrected chi connectivity index (χ4v) is 4.34. The Kier molecular flexibility index (Phi) is 4.52. The number of carbonyl (C=O) groups is 2. The van der Waals surface area contributed by atoms with Crippen molar-refractivity contribution in [1.29, 1.82) is 0 Å². The largest absolute Gasteiger partial charge is 0.480 e. The summed E-state index contributed by atoms with van der Waals surface area (Å²) in [7, 11) is -3.92. The maximum absolute atomic E-state index is 12.7. The number of carboxylic acids is 1. The van der Waals surface area contributed by atoms with Crippen molar-refractivity contribution in [2.45, 2.75) is 37.2 Å². The van der Waals surface area contributed by atoms with Gasteiger partial charge < -0.3 is 10.4 Å². The Hall–Kier alpha value is -1.93. The Morgan fingerprint density at radius 1 is 1.36 bits per heavy atom. The number of aryl methyl sites for hydroxylation is 1. The molecule has 0 radical (unpaired) electrons. The molecule has 0 aliphatic carbocycles. The Bertz CT molecular complexity index is 701. The third kappa shape index (κ3) is 3.28. The summed E-state index contributed by atoms with van der Waals surface area (Å²) in [5.41, 5.74) is 0.769. The lowest BCUT2D eigenvalue weighted by atomic mass is 10.2. The lowest BCUT2D eigenvalue weighted by molar-refractivity contribution is -0.140. The van der Waals surface area contributed by atoms with Crippen LogP contribution >= 0.6 is 0 Å². The number of hydrogen-bond acceptors (Lipinski definition) is 4. The number of amides is 1. The Morgan fingerprint density at radius 2 is 2.05 bits per heavy atom. The summed E-state index contributed by atoms with van der Waals surface area (Å²) in [5.74, 6) is -1.53. The summed E-state index contributed by atoms with van der Waals surface area (Å²) in [6, 6.07) is 4.63. The van der Waals surface area contributed by atoms with Crippen molar-refractivity contribution in [2.75, 3.05) is 6.54 Å². The molecule has 1 aliphatic heterocycles. The zero-order chi connectivity index (χ0) is 16.5. The molecule has 2 N–H and O–H groups in total. The normalized spacial score (nSPS) is 22.5. The number of carboxylic acid groups (broad SMARTS) is 1. The fraction of sp³-hybridized carbons (Fsp3) is 0.429. The minimum absolute atomic E-state index is 0.0488. The Balaban J connectivity index is 2.35. The summed E-state index contributed by atoms with van der Waals surface area (Å²) >= 11 is 0. The first-order valence-corrected chi connectivity index (χ1v) is 8.24. The molecule has 2 atom stereocenters. The van der Waals surface area contributed by atoms with Gasteiger partial charge in [-0.15, -0.1) is 0 Å². The van der Waals surface area contributed by atoms with Crippen molar-refractivity contribution < 1.29 is 23.1 Å². The van der Waals surface area contributed by atoms with Gasteiger partial charge in [-0.2, -0.15) is 4.31 Å². The van der Waals surface area contributed by atoms with Gasteiger partial charge in [0.2, 0.25) is 15.9 Å². The maximum atomic E-state index is 12.7. The van der Waals surface area contributed by atoms with E-state index in [1.807, 2.05) is 0 Å². The van der Waals surface area contributed by atoms with E-state index >= 15 is 0 Å². The van der Waals surface area contributed by atoms with Crippen molar-refractivity contribution in [3.63, 3.8) is 0 Å². The van der Waals surface area contributed by atoms with Crippen LogP contribution in [0, 0.1) is 6.92 Å². The van der Waals surface area contributed by atoms with Crippen LogP contribution in [0.3, 0.4) is 0 Å². The molecule has 1 saturated heterocycles. The predicted octanol–water partition coefficient (Wildman–Crippen LogP) is 0.347. The van der Waals surface area contributed by atoms with E-state index in [9.17, 15) is 23.1 Å². The molecule has 7 nitrogen and oxygen atoms in total. The predicted molar refractivity (Wildman–Crippen MR) is 78.7 cm³/mol. The molecule has 1 amide bonds. The van der Waals surface area contributed by atoms with Crippen LogP contribution in [0.25, 0.3) is 0 Å². The van der Waals surface area contributed by atoms with E-state index in [2.05, 4.69) is 5.32 Å². The molecular weight excluding hydrogens is 308 g/mol. The van der Waals surface area contributed by atoms with E-state index in [-0.39, 0.29) is 23.8 Å². The minimum Gasteiger partial charge on any atom is -0.480 e. The molecule has 8 heteroatoms. The van der Waals surface area contributed by atoms with E-state index in [0.717, 1.165) is 9.87 Å². The number of benzene rings is 1. The van der Waals surface area contributed by atoms with Gasteiger partial charge >= 0.3 is 5.97 Å². The van der Waals surface area contributed by atoms with E-state index in [1.165, 1.54) is 19.1 Å². The molecule has 1 aromatic carbocycles. The monoisotopic (exact) mass is 326 g/mol. The van der Waals surface area contributed by atoms with E-state index in [1.54, 1.807) is 19.1 Å². The van der Waals surface area contributed by atoms with Crippen LogP contribution < -0.4 is 5.32 Å². The van der Waals surface area contributed by atoms with Gasteiger partial charge in [0.25, 0.3) is 0 Å². The lowest BCUT2D eigenvalue weighted by Gasteiger charge is -2.21. The Morgan fingerprint density at radius 3 is 2.59 bits per heavy atom. The van der Waals surface area contributed by atoms with Crippen LogP contribution in [0.4, 0.5) is 0 Å². The van der Waals surface area contributed by atoms with Gasteiger partial charge in [0.1, 0.15) is 6.04 Å².